The highest BCUT2D eigenvalue weighted by atomic mass is 19.2. The van der Waals surface area contributed by atoms with Crippen LogP contribution >= 0.6 is 0 Å². The summed E-state index contributed by atoms with van der Waals surface area (Å²) in [6.07, 6.45) is 0. The van der Waals surface area contributed by atoms with Crippen LogP contribution in [0.5, 0.6) is 0 Å². The topological polar surface area (TPSA) is 29.1 Å². The zero-order valence-corrected chi connectivity index (χ0v) is 12.3. The molecule has 0 bridgehead atoms. The molecule has 0 spiro atoms. The average molecular weight is 307 g/mol. The Bertz CT molecular complexity index is 698. The molecule has 1 N–H and O–H groups in total. The van der Waals surface area contributed by atoms with Crippen molar-refractivity contribution in [2.75, 3.05) is 6.54 Å². The predicted molar refractivity (Wildman–Crippen MR) is 78.1 cm³/mol. The molecule has 2 aromatic carbocycles. The molecule has 0 fully saturated rings. The fourth-order valence-electron chi connectivity index (χ4n) is 2.15. The Kier molecular flexibility index (Phi) is 4.54. The van der Waals surface area contributed by atoms with Crippen molar-refractivity contribution < 1.29 is 18.0 Å². The molecule has 2 rings (SSSR count). The second kappa shape index (κ2) is 6.22. The highest BCUT2D eigenvalue weighted by molar-refractivity contribution is 5.94. The summed E-state index contributed by atoms with van der Waals surface area (Å²) in [6.45, 7) is 3.74. The van der Waals surface area contributed by atoms with Gasteiger partial charge in [-0.3, -0.25) is 4.79 Å². The zero-order chi connectivity index (χ0) is 16.3. The van der Waals surface area contributed by atoms with Crippen LogP contribution in [0.2, 0.25) is 0 Å². The summed E-state index contributed by atoms with van der Waals surface area (Å²) in [7, 11) is 0. The van der Waals surface area contributed by atoms with Gasteiger partial charge in [-0.2, -0.15) is 0 Å². The Morgan fingerprint density at radius 2 is 1.68 bits per heavy atom. The largest absolute Gasteiger partial charge is 0.351 e. The van der Waals surface area contributed by atoms with Gasteiger partial charge >= 0.3 is 0 Å². The lowest BCUT2D eigenvalue weighted by atomic mass is 9.84. The molecular weight excluding hydrogens is 291 g/mol. The monoisotopic (exact) mass is 307 g/mol. The van der Waals surface area contributed by atoms with Gasteiger partial charge in [0.05, 0.1) is 0 Å². The number of halogens is 3. The maximum atomic E-state index is 13.8. The standard InChI is InChI=1S/C17H16F3NO/c1-17(2,12-5-3-4-6-13(12)18)10-21-16(22)11-7-8-14(19)15(20)9-11/h3-9H,10H2,1-2H3,(H,21,22). The first-order valence-corrected chi connectivity index (χ1v) is 6.79. The zero-order valence-electron chi connectivity index (χ0n) is 12.3. The van der Waals surface area contributed by atoms with Crippen LogP contribution in [0.25, 0.3) is 0 Å². The molecule has 1 amide bonds. The van der Waals surface area contributed by atoms with Gasteiger partial charge in [0.1, 0.15) is 5.82 Å². The predicted octanol–water partition coefficient (Wildman–Crippen LogP) is 3.81. The van der Waals surface area contributed by atoms with Gasteiger partial charge in [0.25, 0.3) is 5.91 Å². The summed E-state index contributed by atoms with van der Waals surface area (Å²) >= 11 is 0. The lowest BCUT2D eigenvalue weighted by Crippen LogP contribution is -2.37. The Morgan fingerprint density at radius 3 is 2.32 bits per heavy atom. The molecule has 22 heavy (non-hydrogen) atoms. The molecule has 0 radical (unpaired) electrons. The maximum Gasteiger partial charge on any atom is 0.251 e. The lowest BCUT2D eigenvalue weighted by Gasteiger charge is -2.26. The minimum atomic E-state index is -1.08. The first-order valence-electron chi connectivity index (χ1n) is 6.79. The summed E-state index contributed by atoms with van der Waals surface area (Å²) in [5.41, 5.74) is -0.150. The molecule has 0 heterocycles. The van der Waals surface area contributed by atoms with E-state index in [4.69, 9.17) is 0 Å². The van der Waals surface area contributed by atoms with Crippen molar-refractivity contribution in [2.24, 2.45) is 0 Å². The van der Waals surface area contributed by atoms with Gasteiger partial charge < -0.3 is 5.32 Å². The summed E-state index contributed by atoms with van der Waals surface area (Å²) in [4.78, 5) is 12.0. The number of hydrogen-bond acceptors (Lipinski definition) is 1. The Hall–Kier alpha value is -2.30. The first kappa shape index (κ1) is 16.1. The van der Waals surface area contributed by atoms with Gasteiger partial charge in [-0.15, -0.1) is 0 Å². The van der Waals surface area contributed by atoms with E-state index in [0.29, 0.717) is 5.56 Å². The molecule has 0 aliphatic heterocycles. The highest BCUT2D eigenvalue weighted by Crippen LogP contribution is 2.25. The van der Waals surface area contributed by atoms with E-state index < -0.39 is 23.0 Å². The fourth-order valence-corrected chi connectivity index (χ4v) is 2.15. The smallest absolute Gasteiger partial charge is 0.251 e. The van der Waals surface area contributed by atoms with Crippen LogP contribution in [-0.4, -0.2) is 12.5 Å². The fraction of sp³-hybridized carbons (Fsp3) is 0.235. The van der Waals surface area contributed by atoms with Gasteiger partial charge in [0.2, 0.25) is 0 Å². The van der Waals surface area contributed by atoms with E-state index in [1.54, 1.807) is 32.0 Å². The third kappa shape index (κ3) is 3.47. The van der Waals surface area contributed by atoms with Crippen LogP contribution < -0.4 is 5.32 Å². The summed E-state index contributed by atoms with van der Waals surface area (Å²) < 4.78 is 39.8. The molecule has 2 nitrogen and oxygen atoms in total. The van der Waals surface area contributed by atoms with Crippen LogP contribution in [0.15, 0.2) is 42.5 Å². The second-order valence-electron chi connectivity index (χ2n) is 5.68. The lowest BCUT2D eigenvalue weighted by molar-refractivity contribution is 0.0944. The van der Waals surface area contributed by atoms with Crippen molar-refractivity contribution in [2.45, 2.75) is 19.3 Å². The van der Waals surface area contributed by atoms with Crippen LogP contribution in [0.3, 0.4) is 0 Å². The van der Waals surface area contributed by atoms with E-state index in [0.717, 1.165) is 12.1 Å². The molecule has 0 saturated carbocycles. The molecule has 116 valence electrons. The molecule has 5 heteroatoms. The highest BCUT2D eigenvalue weighted by Gasteiger charge is 2.24. The minimum Gasteiger partial charge on any atom is -0.351 e. The van der Waals surface area contributed by atoms with Gasteiger partial charge in [0, 0.05) is 17.5 Å². The summed E-state index contributed by atoms with van der Waals surface area (Å²) in [5, 5.41) is 2.62. The Balaban J connectivity index is 2.10. The molecular formula is C17H16F3NO. The molecule has 0 aliphatic carbocycles. The second-order valence-corrected chi connectivity index (χ2v) is 5.68. The van der Waals surface area contributed by atoms with Crippen molar-refractivity contribution >= 4 is 5.91 Å². The normalized spacial score (nSPS) is 11.3. The van der Waals surface area contributed by atoms with Gasteiger partial charge in [-0.05, 0) is 29.8 Å². The molecule has 0 atom stereocenters. The van der Waals surface area contributed by atoms with E-state index in [1.165, 1.54) is 12.1 Å². The van der Waals surface area contributed by atoms with E-state index in [2.05, 4.69) is 5.32 Å². The Morgan fingerprint density at radius 1 is 1.00 bits per heavy atom. The number of carbonyl (C=O) groups excluding carboxylic acids is 1. The summed E-state index contributed by atoms with van der Waals surface area (Å²) in [5.74, 6) is -2.98. The summed E-state index contributed by atoms with van der Waals surface area (Å²) in [6, 6.07) is 9.25. The number of hydrogen-bond donors (Lipinski definition) is 1. The van der Waals surface area contributed by atoms with Crippen molar-refractivity contribution in [3.8, 4) is 0 Å². The number of rotatable bonds is 4. The number of amides is 1. The van der Waals surface area contributed by atoms with Crippen LogP contribution in [0.4, 0.5) is 13.2 Å². The van der Waals surface area contributed by atoms with Crippen molar-refractivity contribution in [3.63, 3.8) is 0 Å². The van der Waals surface area contributed by atoms with Crippen molar-refractivity contribution in [1.29, 1.82) is 0 Å². The van der Waals surface area contributed by atoms with Crippen molar-refractivity contribution in [3.05, 3.63) is 71.0 Å². The van der Waals surface area contributed by atoms with Gasteiger partial charge in [0.15, 0.2) is 11.6 Å². The number of benzene rings is 2. The van der Waals surface area contributed by atoms with Crippen molar-refractivity contribution in [1.82, 2.24) is 5.32 Å². The van der Waals surface area contributed by atoms with Crippen LogP contribution in [-0.2, 0) is 5.41 Å². The molecule has 0 unspecified atom stereocenters. The minimum absolute atomic E-state index is 0.0169. The van der Waals surface area contributed by atoms with E-state index in [-0.39, 0.29) is 17.9 Å². The third-order valence-electron chi connectivity index (χ3n) is 3.48. The van der Waals surface area contributed by atoms with E-state index in [1.807, 2.05) is 0 Å². The molecule has 0 aromatic heterocycles. The average Bonchev–Trinajstić information content (AvgIpc) is 2.48. The first-order chi connectivity index (χ1) is 10.3. The number of carbonyl (C=O) groups is 1. The van der Waals surface area contributed by atoms with Gasteiger partial charge in [-0.25, -0.2) is 13.2 Å². The van der Waals surface area contributed by atoms with Gasteiger partial charge in [-0.1, -0.05) is 32.0 Å². The number of nitrogens with one attached hydrogen (secondary N) is 1. The quantitative estimate of drug-likeness (QED) is 0.914. The maximum absolute atomic E-state index is 13.8. The molecule has 0 aliphatic rings. The molecule has 0 saturated heterocycles. The molecule has 2 aromatic rings. The van der Waals surface area contributed by atoms with Crippen LogP contribution in [0.1, 0.15) is 29.8 Å². The van der Waals surface area contributed by atoms with E-state index >= 15 is 0 Å². The van der Waals surface area contributed by atoms with Crippen LogP contribution in [0, 0.1) is 17.5 Å². The SMILES string of the molecule is CC(C)(CNC(=O)c1ccc(F)c(F)c1)c1ccccc1F. The third-order valence-corrected chi connectivity index (χ3v) is 3.48. The Labute approximate surface area is 127 Å². The van der Waals surface area contributed by atoms with E-state index in [9.17, 15) is 18.0 Å².